The molecule has 2 aromatic rings. The summed E-state index contributed by atoms with van der Waals surface area (Å²) in [6, 6.07) is 13.2. The Kier molecular flexibility index (Phi) is 5.09. The highest BCUT2D eigenvalue weighted by Crippen LogP contribution is 2.64. The lowest BCUT2D eigenvalue weighted by Gasteiger charge is -2.18. The van der Waals surface area contributed by atoms with Crippen LogP contribution in [0, 0.1) is 5.41 Å². The molecule has 0 spiro atoms. The summed E-state index contributed by atoms with van der Waals surface area (Å²) in [4.78, 5) is 25.3. The van der Waals surface area contributed by atoms with Crippen molar-refractivity contribution >= 4 is 46.4 Å². The molecule has 4 nitrogen and oxygen atoms in total. The Morgan fingerprint density at radius 3 is 2.48 bits per heavy atom. The molecule has 25 heavy (non-hydrogen) atoms. The van der Waals surface area contributed by atoms with Crippen LogP contribution < -0.4 is 5.32 Å². The third-order valence-electron chi connectivity index (χ3n) is 4.31. The van der Waals surface area contributed by atoms with Crippen LogP contribution in [0.4, 0.5) is 0 Å². The normalized spacial score (nSPS) is 22.0. The van der Waals surface area contributed by atoms with E-state index in [4.69, 9.17) is 27.9 Å². The number of benzene rings is 1. The molecule has 7 heteroatoms. The Labute approximate surface area is 160 Å². The Bertz CT molecular complexity index is 764. The smallest absolute Gasteiger partial charge is 0.315 e. The molecule has 2 unspecified atom stereocenters. The first-order chi connectivity index (χ1) is 11.8. The van der Waals surface area contributed by atoms with Crippen molar-refractivity contribution in [3.63, 3.8) is 0 Å². The summed E-state index contributed by atoms with van der Waals surface area (Å²) in [5, 5.41) is 4.86. The van der Waals surface area contributed by atoms with Crippen LogP contribution in [-0.2, 0) is 14.3 Å². The van der Waals surface area contributed by atoms with Crippen molar-refractivity contribution in [2.75, 3.05) is 6.61 Å². The molecule has 1 aliphatic carbocycles. The molecule has 1 aromatic heterocycles. The van der Waals surface area contributed by atoms with Crippen LogP contribution in [0.25, 0.3) is 0 Å². The Morgan fingerprint density at radius 2 is 1.92 bits per heavy atom. The van der Waals surface area contributed by atoms with Crippen molar-refractivity contribution in [2.45, 2.75) is 23.7 Å². The zero-order valence-electron chi connectivity index (χ0n) is 13.5. The standard InChI is InChI=1S/C18H17Cl2NO3S/c1-17(11-18(17,19)20)16(23)24-10-14(22)21-15(13-8-5-9-25-13)12-6-3-2-4-7-12/h2-9,15H,10-11H2,1H3,(H,21,22). The van der Waals surface area contributed by atoms with Gasteiger partial charge < -0.3 is 10.1 Å². The number of thiophene rings is 1. The molecule has 1 fully saturated rings. The molecule has 1 N–H and O–H groups in total. The van der Waals surface area contributed by atoms with E-state index in [1.807, 2.05) is 47.8 Å². The second-order valence-electron chi connectivity index (χ2n) is 6.22. The number of hydrogen-bond acceptors (Lipinski definition) is 4. The fraction of sp³-hybridized carbons (Fsp3) is 0.333. The number of carbonyl (C=O) groups is 2. The van der Waals surface area contributed by atoms with Crippen molar-refractivity contribution in [3.05, 3.63) is 58.3 Å². The van der Waals surface area contributed by atoms with Crippen LogP contribution in [0.15, 0.2) is 47.8 Å². The van der Waals surface area contributed by atoms with Gasteiger partial charge in [-0.2, -0.15) is 0 Å². The first-order valence-corrected chi connectivity index (χ1v) is 9.40. The van der Waals surface area contributed by atoms with E-state index in [0.717, 1.165) is 10.4 Å². The van der Waals surface area contributed by atoms with Crippen LogP contribution >= 0.6 is 34.5 Å². The quantitative estimate of drug-likeness (QED) is 0.589. The largest absolute Gasteiger partial charge is 0.455 e. The lowest BCUT2D eigenvalue weighted by Crippen LogP contribution is -2.34. The van der Waals surface area contributed by atoms with Crippen LogP contribution in [0.5, 0.6) is 0 Å². The minimum atomic E-state index is -1.11. The van der Waals surface area contributed by atoms with Gasteiger partial charge in [0.1, 0.15) is 9.75 Å². The highest BCUT2D eigenvalue weighted by atomic mass is 35.5. The fourth-order valence-electron chi connectivity index (χ4n) is 2.53. The van der Waals surface area contributed by atoms with Gasteiger partial charge in [-0.05, 0) is 23.9 Å². The number of alkyl halides is 2. The summed E-state index contributed by atoms with van der Waals surface area (Å²) >= 11 is 13.5. The van der Waals surface area contributed by atoms with Crippen LogP contribution in [-0.4, -0.2) is 22.8 Å². The van der Waals surface area contributed by atoms with E-state index >= 15 is 0 Å². The van der Waals surface area contributed by atoms with Crippen LogP contribution in [0.2, 0.25) is 0 Å². The maximum atomic E-state index is 12.3. The van der Waals surface area contributed by atoms with E-state index in [1.165, 1.54) is 0 Å². The molecule has 3 rings (SSSR count). The van der Waals surface area contributed by atoms with Gasteiger partial charge in [0.2, 0.25) is 0 Å². The van der Waals surface area contributed by atoms with Crippen molar-refractivity contribution in [2.24, 2.45) is 5.41 Å². The molecule has 0 bridgehead atoms. The maximum Gasteiger partial charge on any atom is 0.315 e. The molecule has 0 radical (unpaired) electrons. The zero-order valence-corrected chi connectivity index (χ0v) is 15.8. The molecule has 2 atom stereocenters. The second kappa shape index (κ2) is 6.98. The summed E-state index contributed by atoms with van der Waals surface area (Å²) in [7, 11) is 0. The summed E-state index contributed by atoms with van der Waals surface area (Å²) in [6.07, 6.45) is 0.325. The topological polar surface area (TPSA) is 55.4 Å². The number of nitrogens with one attached hydrogen (secondary N) is 1. The molecule has 0 aliphatic heterocycles. The number of halogens is 2. The van der Waals surface area contributed by atoms with Gasteiger partial charge in [-0.25, -0.2) is 0 Å². The molecule has 1 aliphatic rings. The average Bonchev–Trinajstić information content (AvgIpc) is 2.97. The van der Waals surface area contributed by atoms with E-state index < -0.39 is 15.7 Å². The summed E-state index contributed by atoms with van der Waals surface area (Å²) < 4.78 is 4.00. The maximum absolute atomic E-state index is 12.3. The summed E-state index contributed by atoms with van der Waals surface area (Å²) in [6.45, 7) is 1.26. The first-order valence-electron chi connectivity index (χ1n) is 7.76. The SMILES string of the molecule is CC1(C(=O)OCC(=O)NC(c2ccccc2)c2cccs2)CC1(Cl)Cl. The predicted molar refractivity (Wildman–Crippen MR) is 98.9 cm³/mol. The number of esters is 1. The summed E-state index contributed by atoms with van der Waals surface area (Å²) in [5.74, 6) is -0.936. The minimum absolute atomic E-state index is 0.288. The van der Waals surface area contributed by atoms with E-state index in [2.05, 4.69) is 5.32 Å². The molecule has 132 valence electrons. The van der Waals surface area contributed by atoms with Crippen molar-refractivity contribution in [3.8, 4) is 0 Å². The highest BCUT2D eigenvalue weighted by Gasteiger charge is 2.69. The molecule has 1 saturated carbocycles. The number of amides is 1. The van der Waals surface area contributed by atoms with Gasteiger partial charge in [0.25, 0.3) is 5.91 Å². The van der Waals surface area contributed by atoms with Crippen LogP contribution in [0.1, 0.15) is 29.8 Å². The second-order valence-corrected chi connectivity index (χ2v) is 8.68. The Balaban J connectivity index is 1.63. The number of carbonyl (C=O) groups excluding carboxylic acids is 2. The first kappa shape index (κ1) is 18.2. The third kappa shape index (κ3) is 3.84. The van der Waals surface area contributed by atoms with Gasteiger partial charge in [0, 0.05) is 11.3 Å². The van der Waals surface area contributed by atoms with Crippen molar-refractivity contribution < 1.29 is 14.3 Å². The fourth-order valence-corrected chi connectivity index (χ4v) is 4.03. The lowest BCUT2D eigenvalue weighted by molar-refractivity contribution is -0.153. The molecular weight excluding hydrogens is 381 g/mol. The van der Waals surface area contributed by atoms with E-state index in [9.17, 15) is 9.59 Å². The van der Waals surface area contributed by atoms with Gasteiger partial charge in [0.15, 0.2) is 6.61 Å². The Hall–Kier alpha value is -1.56. The molecule has 0 saturated heterocycles. The van der Waals surface area contributed by atoms with E-state index in [1.54, 1.807) is 18.3 Å². The third-order valence-corrected chi connectivity index (χ3v) is 6.35. The van der Waals surface area contributed by atoms with Gasteiger partial charge >= 0.3 is 5.97 Å². The summed E-state index contributed by atoms with van der Waals surface area (Å²) in [5.41, 5.74) is 0.0162. The van der Waals surface area contributed by atoms with Gasteiger partial charge in [-0.1, -0.05) is 36.4 Å². The zero-order chi connectivity index (χ0) is 18.1. The highest BCUT2D eigenvalue weighted by molar-refractivity contribution is 7.10. The van der Waals surface area contributed by atoms with Crippen molar-refractivity contribution in [1.29, 1.82) is 0 Å². The van der Waals surface area contributed by atoms with Gasteiger partial charge in [-0.15, -0.1) is 34.5 Å². The van der Waals surface area contributed by atoms with Crippen molar-refractivity contribution in [1.82, 2.24) is 5.32 Å². The average molecular weight is 398 g/mol. The Morgan fingerprint density at radius 1 is 1.24 bits per heavy atom. The number of hydrogen-bond donors (Lipinski definition) is 1. The van der Waals surface area contributed by atoms with Gasteiger partial charge in [-0.3, -0.25) is 9.59 Å². The van der Waals surface area contributed by atoms with Gasteiger partial charge in [0.05, 0.1) is 6.04 Å². The number of ether oxygens (including phenoxy) is 1. The van der Waals surface area contributed by atoms with E-state index in [-0.39, 0.29) is 18.6 Å². The molecular formula is C18H17Cl2NO3S. The predicted octanol–water partition coefficient (Wildman–Crippen LogP) is 4.08. The van der Waals surface area contributed by atoms with Crippen LogP contribution in [0.3, 0.4) is 0 Å². The monoisotopic (exact) mass is 397 g/mol. The molecule has 1 amide bonds. The molecule has 1 heterocycles. The minimum Gasteiger partial charge on any atom is -0.455 e. The lowest BCUT2D eigenvalue weighted by atomic mass is 10.1. The number of rotatable bonds is 6. The molecule has 1 aromatic carbocycles. The van der Waals surface area contributed by atoms with E-state index in [0.29, 0.717) is 6.42 Å².